The number of ether oxygens (including phenoxy) is 1. The van der Waals surface area contributed by atoms with E-state index in [1.165, 1.54) is 18.2 Å². The number of fused-ring (bicyclic) bond motifs is 1. The second-order valence-electron chi connectivity index (χ2n) is 9.65. The fraction of sp³-hybridized carbons (Fsp3) is 0.391. The number of aliphatic imine (C=N–C) groups is 1. The van der Waals surface area contributed by atoms with E-state index in [-0.39, 0.29) is 39.7 Å². The summed E-state index contributed by atoms with van der Waals surface area (Å²) in [6.07, 6.45) is -3.05. The summed E-state index contributed by atoms with van der Waals surface area (Å²) in [5, 5.41) is 5.40. The number of carbonyl (C=O) groups excluding carboxylic acids is 1. The monoisotopic (exact) mass is 536 g/mol. The Morgan fingerprint density at radius 1 is 1.22 bits per heavy atom. The first kappa shape index (κ1) is 25.0. The number of anilines is 3. The molecule has 2 atom stereocenters. The highest BCUT2D eigenvalue weighted by Crippen LogP contribution is 2.36. The number of H-pyrrole nitrogens is 1. The molecule has 0 spiro atoms. The van der Waals surface area contributed by atoms with Gasteiger partial charge in [0.15, 0.2) is 21.3 Å². The molecule has 3 heterocycles. The number of amides is 1. The Hall–Kier alpha value is -3.68. The van der Waals surface area contributed by atoms with Crippen LogP contribution in [-0.2, 0) is 19.4 Å². The van der Waals surface area contributed by atoms with Gasteiger partial charge in [-0.3, -0.25) is 4.79 Å². The van der Waals surface area contributed by atoms with E-state index in [0.717, 1.165) is 6.26 Å². The van der Waals surface area contributed by atoms with Gasteiger partial charge in [-0.25, -0.2) is 36.5 Å². The van der Waals surface area contributed by atoms with Gasteiger partial charge in [0.05, 0.1) is 27.7 Å². The number of aromatic nitrogens is 3. The normalized spacial score (nSPS) is 20.6. The molecular weight excluding hydrogens is 513 g/mol. The molecule has 1 saturated carbocycles. The van der Waals surface area contributed by atoms with Gasteiger partial charge in [-0.1, -0.05) is 0 Å². The maximum atomic E-state index is 13.3. The SMILES string of the molecule is CC1(C)COC(c2ccc(Nc3cc(NC(=O)[C@H]4C[C@H]4F)nc4nc(C(F)F)[nH]c34)c(S(C)(=O)=O)c2)=N1. The van der Waals surface area contributed by atoms with E-state index in [9.17, 15) is 26.4 Å². The Kier molecular flexibility index (Phi) is 5.89. The molecule has 5 rings (SSSR count). The van der Waals surface area contributed by atoms with Gasteiger partial charge in [-0.2, -0.15) is 0 Å². The quantitative estimate of drug-likeness (QED) is 0.416. The molecule has 2 aromatic heterocycles. The third kappa shape index (κ3) is 5.10. The van der Waals surface area contributed by atoms with E-state index >= 15 is 0 Å². The Morgan fingerprint density at radius 2 is 1.95 bits per heavy atom. The van der Waals surface area contributed by atoms with Gasteiger partial charge in [0.2, 0.25) is 11.8 Å². The van der Waals surface area contributed by atoms with Crippen LogP contribution in [0.4, 0.5) is 30.4 Å². The second-order valence-corrected chi connectivity index (χ2v) is 11.6. The minimum Gasteiger partial charge on any atom is -0.475 e. The van der Waals surface area contributed by atoms with Gasteiger partial charge in [-0.15, -0.1) is 0 Å². The van der Waals surface area contributed by atoms with Crippen molar-refractivity contribution in [2.45, 2.75) is 43.3 Å². The maximum absolute atomic E-state index is 13.3. The largest absolute Gasteiger partial charge is 0.475 e. The Labute approximate surface area is 209 Å². The van der Waals surface area contributed by atoms with E-state index in [2.05, 4.69) is 30.6 Å². The molecule has 37 heavy (non-hydrogen) atoms. The number of nitrogens with one attached hydrogen (secondary N) is 3. The standard InChI is InChI=1S/C23H23F3N6O4S/c1-23(2)9-36-22(32-23)10-4-5-13(15(6-10)37(3,34)35)27-14-8-16(29-21(33)11-7-12(11)24)28-19-17(14)30-20(31-19)18(25)26/h4-6,8,11-12,18H,7,9H2,1-3H3,(H3,27,28,29,30,31,33)/t11-,12+/m0/s1. The first-order valence-electron chi connectivity index (χ1n) is 11.3. The molecule has 0 unspecified atom stereocenters. The van der Waals surface area contributed by atoms with E-state index < -0.39 is 45.6 Å². The fourth-order valence-corrected chi connectivity index (χ4v) is 4.73. The maximum Gasteiger partial charge on any atom is 0.295 e. The van der Waals surface area contributed by atoms with Crippen LogP contribution in [0, 0.1) is 5.92 Å². The van der Waals surface area contributed by atoms with Crippen LogP contribution in [0.15, 0.2) is 34.2 Å². The summed E-state index contributed by atoms with van der Waals surface area (Å²) in [5.74, 6) is -1.81. The topological polar surface area (TPSA) is 138 Å². The highest BCUT2D eigenvalue weighted by Gasteiger charge is 2.43. The molecule has 10 nitrogen and oxygen atoms in total. The lowest BCUT2D eigenvalue weighted by Crippen LogP contribution is -2.17. The van der Waals surface area contributed by atoms with Crippen molar-refractivity contribution in [2.75, 3.05) is 23.5 Å². The van der Waals surface area contributed by atoms with Gasteiger partial charge < -0.3 is 20.4 Å². The van der Waals surface area contributed by atoms with Crippen molar-refractivity contribution in [3.63, 3.8) is 0 Å². The molecule has 196 valence electrons. The van der Waals surface area contributed by atoms with Gasteiger partial charge in [-0.05, 0) is 38.5 Å². The number of aromatic amines is 1. The van der Waals surface area contributed by atoms with Crippen LogP contribution >= 0.6 is 0 Å². The zero-order valence-corrected chi connectivity index (χ0v) is 20.8. The molecule has 0 bridgehead atoms. The molecule has 1 aliphatic heterocycles. The Bertz CT molecular complexity index is 1550. The van der Waals surface area contributed by atoms with Crippen molar-refractivity contribution >= 4 is 50.0 Å². The molecule has 0 radical (unpaired) electrons. The van der Waals surface area contributed by atoms with Crippen LogP contribution in [-0.4, -0.2) is 59.7 Å². The summed E-state index contributed by atoms with van der Waals surface area (Å²) in [6, 6.07) is 5.85. The van der Waals surface area contributed by atoms with Crippen molar-refractivity contribution in [3.8, 4) is 0 Å². The van der Waals surface area contributed by atoms with Gasteiger partial charge >= 0.3 is 0 Å². The highest BCUT2D eigenvalue weighted by molar-refractivity contribution is 7.90. The van der Waals surface area contributed by atoms with Crippen molar-refractivity contribution in [2.24, 2.45) is 10.9 Å². The molecule has 3 aromatic rings. The van der Waals surface area contributed by atoms with Gasteiger partial charge in [0.1, 0.15) is 24.1 Å². The van der Waals surface area contributed by atoms with E-state index in [1.807, 2.05) is 13.8 Å². The van der Waals surface area contributed by atoms with Crippen LogP contribution in [0.3, 0.4) is 0 Å². The summed E-state index contributed by atoms with van der Waals surface area (Å²) in [6.45, 7) is 4.11. The van der Waals surface area contributed by atoms with E-state index in [0.29, 0.717) is 18.1 Å². The third-order valence-electron chi connectivity index (χ3n) is 5.85. The number of halogens is 3. The van der Waals surface area contributed by atoms with Crippen LogP contribution in [0.5, 0.6) is 0 Å². The molecular formula is C23H23F3N6O4S. The predicted molar refractivity (Wildman–Crippen MR) is 130 cm³/mol. The molecule has 1 amide bonds. The van der Waals surface area contributed by atoms with Crippen LogP contribution < -0.4 is 10.6 Å². The minimum absolute atomic E-state index is 0.0557. The average Bonchev–Trinajstić information content (AvgIpc) is 3.20. The van der Waals surface area contributed by atoms with Gasteiger partial charge in [0, 0.05) is 17.9 Å². The zero-order valence-electron chi connectivity index (χ0n) is 20.0. The summed E-state index contributed by atoms with van der Waals surface area (Å²) in [4.78, 5) is 27.0. The number of hydrogen-bond acceptors (Lipinski definition) is 8. The number of hydrogen-bond donors (Lipinski definition) is 3. The van der Waals surface area contributed by atoms with Crippen molar-refractivity contribution < 1.29 is 31.1 Å². The number of carbonyl (C=O) groups is 1. The molecule has 1 fully saturated rings. The third-order valence-corrected chi connectivity index (χ3v) is 6.99. The lowest BCUT2D eigenvalue weighted by Gasteiger charge is -2.14. The Balaban J connectivity index is 1.56. The molecule has 0 saturated heterocycles. The molecule has 3 N–H and O–H groups in total. The number of imidazole rings is 1. The number of rotatable bonds is 7. The van der Waals surface area contributed by atoms with Gasteiger partial charge in [0.25, 0.3) is 6.43 Å². The minimum atomic E-state index is -3.78. The molecule has 2 aliphatic rings. The van der Waals surface area contributed by atoms with E-state index in [4.69, 9.17) is 4.74 Å². The highest BCUT2D eigenvalue weighted by atomic mass is 32.2. The average molecular weight is 537 g/mol. The smallest absolute Gasteiger partial charge is 0.295 e. The van der Waals surface area contributed by atoms with Crippen molar-refractivity contribution in [1.82, 2.24) is 15.0 Å². The van der Waals surface area contributed by atoms with Crippen LogP contribution in [0.2, 0.25) is 0 Å². The fourth-order valence-electron chi connectivity index (χ4n) is 3.87. The Morgan fingerprint density at radius 3 is 2.54 bits per heavy atom. The summed E-state index contributed by atoms with van der Waals surface area (Å²) < 4.78 is 71.0. The number of sulfone groups is 1. The van der Waals surface area contributed by atoms with Crippen molar-refractivity contribution in [1.29, 1.82) is 0 Å². The lowest BCUT2D eigenvalue weighted by molar-refractivity contribution is -0.117. The summed E-state index contributed by atoms with van der Waals surface area (Å²) in [5.41, 5.74) is 0.186. The predicted octanol–water partition coefficient (Wildman–Crippen LogP) is 3.89. The zero-order chi connectivity index (χ0) is 26.7. The lowest BCUT2D eigenvalue weighted by atomic mass is 10.1. The molecule has 14 heteroatoms. The summed E-state index contributed by atoms with van der Waals surface area (Å²) in [7, 11) is -3.78. The second kappa shape index (κ2) is 8.71. The molecule has 1 aromatic carbocycles. The van der Waals surface area contributed by atoms with E-state index in [1.54, 1.807) is 6.07 Å². The number of benzene rings is 1. The number of nitrogens with zero attached hydrogens (tertiary/aromatic N) is 3. The first-order valence-corrected chi connectivity index (χ1v) is 13.2. The van der Waals surface area contributed by atoms with Crippen LogP contribution in [0.25, 0.3) is 11.2 Å². The summed E-state index contributed by atoms with van der Waals surface area (Å²) >= 11 is 0. The van der Waals surface area contributed by atoms with Crippen LogP contribution in [0.1, 0.15) is 38.1 Å². The number of pyridine rings is 1. The number of alkyl halides is 3. The van der Waals surface area contributed by atoms with Crippen molar-refractivity contribution in [3.05, 3.63) is 35.7 Å². The molecule has 1 aliphatic carbocycles. The first-order chi connectivity index (χ1) is 17.3.